The van der Waals surface area contributed by atoms with E-state index in [-0.39, 0.29) is 11.6 Å². The summed E-state index contributed by atoms with van der Waals surface area (Å²) < 4.78 is 1.52. The van der Waals surface area contributed by atoms with Gasteiger partial charge in [0.05, 0.1) is 11.2 Å². The fraction of sp³-hybridized carbons (Fsp3) is 0.550. The summed E-state index contributed by atoms with van der Waals surface area (Å²) in [6.45, 7) is 6.94. The van der Waals surface area contributed by atoms with Crippen LogP contribution in [0.25, 0.3) is 16.7 Å². The standard InChI is InChI=1S/C20H26N4O3/c1-20(2,3)16(25)18(26)24-9-12-7-11(8-13(12)10-24)14-5-6-15-17(21-14)23(4)19(27)22-15/h5-7,12-13,16,25H,8-10H2,1-4H3,(H,22,27). The van der Waals surface area contributed by atoms with E-state index in [1.54, 1.807) is 11.9 Å². The number of aromatic amines is 1. The number of hydrogen-bond donors (Lipinski definition) is 2. The average Bonchev–Trinajstić information content (AvgIpc) is 3.25. The number of likely N-dealkylation sites (tertiary alicyclic amines) is 1. The molecule has 3 heterocycles. The van der Waals surface area contributed by atoms with Gasteiger partial charge in [-0.25, -0.2) is 9.78 Å². The number of pyridine rings is 1. The molecule has 0 aromatic carbocycles. The molecule has 2 aromatic heterocycles. The van der Waals surface area contributed by atoms with Gasteiger partial charge in [-0.2, -0.15) is 0 Å². The molecule has 2 aromatic rings. The Labute approximate surface area is 157 Å². The van der Waals surface area contributed by atoms with E-state index in [4.69, 9.17) is 0 Å². The quantitative estimate of drug-likeness (QED) is 0.839. The van der Waals surface area contributed by atoms with Gasteiger partial charge in [0.15, 0.2) is 5.65 Å². The number of H-pyrrole nitrogens is 1. The smallest absolute Gasteiger partial charge is 0.327 e. The Morgan fingerprint density at radius 1 is 1.33 bits per heavy atom. The number of rotatable bonds is 2. The van der Waals surface area contributed by atoms with Gasteiger partial charge in [-0.1, -0.05) is 26.8 Å². The number of aliphatic hydroxyl groups excluding tert-OH is 1. The summed E-state index contributed by atoms with van der Waals surface area (Å²) in [5.74, 6) is 0.487. The predicted molar refractivity (Wildman–Crippen MR) is 103 cm³/mol. The Hall–Kier alpha value is -2.41. The summed E-state index contributed by atoms with van der Waals surface area (Å²) >= 11 is 0. The number of aliphatic hydroxyl groups is 1. The minimum absolute atomic E-state index is 0.168. The Kier molecular flexibility index (Phi) is 4.03. The monoisotopic (exact) mass is 370 g/mol. The molecule has 1 aliphatic carbocycles. The van der Waals surface area contributed by atoms with Crippen LogP contribution in [0.15, 0.2) is 23.0 Å². The van der Waals surface area contributed by atoms with Gasteiger partial charge in [-0.15, -0.1) is 0 Å². The topological polar surface area (TPSA) is 91.2 Å². The van der Waals surface area contributed by atoms with Crippen LogP contribution in [0.5, 0.6) is 0 Å². The zero-order chi connectivity index (χ0) is 19.5. The second kappa shape index (κ2) is 6.05. The molecule has 4 rings (SSSR count). The highest BCUT2D eigenvalue weighted by atomic mass is 16.3. The van der Waals surface area contributed by atoms with Crippen molar-refractivity contribution in [3.63, 3.8) is 0 Å². The molecule has 1 amide bonds. The van der Waals surface area contributed by atoms with Crippen molar-refractivity contribution in [1.29, 1.82) is 0 Å². The maximum absolute atomic E-state index is 12.6. The van der Waals surface area contributed by atoms with Crippen molar-refractivity contribution >= 4 is 22.6 Å². The second-order valence-electron chi connectivity index (χ2n) is 8.89. The maximum atomic E-state index is 12.6. The number of carbonyl (C=O) groups is 1. The molecule has 27 heavy (non-hydrogen) atoms. The van der Waals surface area contributed by atoms with Gasteiger partial charge in [0.25, 0.3) is 5.91 Å². The highest BCUT2D eigenvalue weighted by Crippen LogP contribution is 2.41. The fourth-order valence-corrected chi connectivity index (χ4v) is 4.10. The van der Waals surface area contributed by atoms with Crippen LogP contribution in [0.4, 0.5) is 0 Å². The number of nitrogens with zero attached hydrogens (tertiary/aromatic N) is 3. The molecule has 2 aliphatic rings. The lowest BCUT2D eigenvalue weighted by molar-refractivity contribution is -0.144. The average molecular weight is 370 g/mol. The Morgan fingerprint density at radius 3 is 2.74 bits per heavy atom. The van der Waals surface area contributed by atoms with E-state index in [0.29, 0.717) is 30.6 Å². The summed E-state index contributed by atoms with van der Waals surface area (Å²) in [5.41, 5.74) is 2.82. The van der Waals surface area contributed by atoms with Crippen LogP contribution >= 0.6 is 0 Å². The van der Waals surface area contributed by atoms with Gasteiger partial charge in [-0.05, 0) is 41.4 Å². The van der Waals surface area contributed by atoms with Crippen LogP contribution in [0.2, 0.25) is 0 Å². The lowest BCUT2D eigenvalue weighted by Gasteiger charge is -2.29. The number of hydrogen-bond acceptors (Lipinski definition) is 4. The van der Waals surface area contributed by atoms with Crippen molar-refractivity contribution in [1.82, 2.24) is 19.4 Å². The largest absolute Gasteiger partial charge is 0.383 e. The van der Waals surface area contributed by atoms with Crippen LogP contribution in [0, 0.1) is 17.3 Å². The van der Waals surface area contributed by atoms with Crippen molar-refractivity contribution in [2.24, 2.45) is 24.3 Å². The predicted octanol–water partition coefficient (Wildman–Crippen LogP) is 1.53. The van der Waals surface area contributed by atoms with E-state index in [0.717, 1.165) is 17.6 Å². The fourth-order valence-electron chi connectivity index (χ4n) is 4.10. The Balaban J connectivity index is 1.53. The molecule has 2 N–H and O–H groups in total. The number of carbonyl (C=O) groups excluding carboxylic acids is 1. The number of aromatic nitrogens is 3. The first-order chi connectivity index (χ1) is 12.6. The molecule has 144 valence electrons. The highest BCUT2D eigenvalue weighted by Gasteiger charge is 2.42. The molecular formula is C20H26N4O3. The van der Waals surface area contributed by atoms with Crippen molar-refractivity contribution in [2.75, 3.05) is 13.1 Å². The minimum atomic E-state index is -0.973. The summed E-state index contributed by atoms with van der Waals surface area (Å²) in [7, 11) is 1.71. The molecule has 3 unspecified atom stereocenters. The van der Waals surface area contributed by atoms with Crippen molar-refractivity contribution in [3.8, 4) is 0 Å². The van der Waals surface area contributed by atoms with E-state index < -0.39 is 11.5 Å². The zero-order valence-electron chi connectivity index (χ0n) is 16.2. The molecule has 1 saturated heterocycles. The minimum Gasteiger partial charge on any atom is -0.383 e. The van der Waals surface area contributed by atoms with Crippen molar-refractivity contribution in [2.45, 2.75) is 33.3 Å². The van der Waals surface area contributed by atoms with E-state index in [1.165, 1.54) is 10.1 Å². The third kappa shape index (κ3) is 3.00. The van der Waals surface area contributed by atoms with Crippen molar-refractivity contribution in [3.05, 3.63) is 34.4 Å². The zero-order valence-corrected chi connectivity index (χ0v) is 16.2. The lowest BCUT2D eigenvalue weighted by Crippen LogP contribution is -2.44. The molecule has 0 bridgehead atoms. The number of nitrogens with one attached hydrogen (secondary N) is 1. The molecule has 3 atom stereocenters. The highest BCUT2D eigenvalue weighted by molar-refractivity contribution is 5.82. The molecule has 0 spiro atoms. The van der Waals surface area contributed by atoms with Crippen LogP contribution in [0.1, 0.15) is 32.9 Å². The van der Waals surface area contributed by atoms with E-state index in [2.05, 4.69) is 16.0 Å². The first-order valence-corrected chi connectivity index (χ1v) is 9.39. The van der Waals surface area contributed by atoms with E-state index in [1.807, 2.05) is 32.9 Å². The summed E-state index contributed by atoms with van der Waals surface area (Å²) in [4.78, 5) is 33.6. The first-order valence-electron chi connectivity index (χ1n) is 9.39. The van der Waals surface area contributed by atoms with Crippen LogP contribution in [-0.2, 0) is 11.8 Å². The molecule has 0 radical (unpaired) electrons. The van der Waals surface area contributed by atoms with Gasteiger partial charge in [0.1, 0.15) is 6.10 Å². The van der Waals surface area contributed by atoms with Gasteiger partial charge in [-0.3, -0.25) is 9.36 Å². The molecule has 7 nitrogen and oxygen atoms in total. The lowest BCUT2D eigenvalue weighted by atomic mass is 9.88. The Morgan fingerprint density at radius 2 is 2.07 bits per heavy atom. The third-order valence-electron chi connectivity index (χ3n) is 5.82. The molecule has 1 fully saturated rings. The van der Waals surface area contributed by atoms with E-state index in [9.17, 15) is 14.7 Å². The molecule has 0 saturated carbocycles. The van der Waals surface area contributed by atoms with Gasteiger partial charge in [0.2, 0.25) is 0 Å². The SMILES string of the molecule is Cn1c(=O)[nH]c2ccc(C3=CC4CN(C(=O)C(O)C(C)(C)C)CC4C3)nc21. The van der Waals surface area contributed by atoms with Crippen LogP contribution in [0.3, 0.4) is 0 Å². The number of aryl methyl sites for hydroxylation is 1. The third-order valence-corrected chi connectivity index (χ3v) is 5.82. The molecule has 7 heteroatoms. The van der Waals surface area contributed by atoms with Crippen molar-refractivity contribution < 1.29 is 9.90 Å². The van der Waals surface area contributed by atoms with Crippen LogP contribution in [-0.4, -0.2) is 49.6 Å². The normalized spacial score (nSPS) is 23.6. The Bertz CT molecular complexity index is 995. The number of allylic oxidation sites excluding steroid dienone is 1. The summed E-state index contributed by atoms with van der Waals surface area (Å²) in [5, 5.41) is 10.3. The van der Waals surface area contributed by atoms with Crippen LogP contribution < -0.4 is 5.69 Å². The number of fused-ring (bicyclic) bond motifs is 2. The molecular weight excluding hydrogens is 344 g/mol. The van der Waals surface area contributed by atoms with E-state index >= 15 is 0 Å². The maximum Gasteiger partial charge on any atom is 0.327 e. The van der Waals surface area contributed by atoms with Gasteiger partial charge in [0, 0.05) is 20.1 Å². The summed E-state index contributed by atoms with van der Waals surface area (Å²) in [6.07, 6.45) is 2.09. The molecule has 1 aliphatic heterocycles. The number of imidazole rings is 1. The van der Waals surface area contributed by atoms with Gasteiger partial charge >= 0.3 is 5.69 Å². The second-order valence-corrected chi connectivity index (χ2v) is 8.89. The summed E-state index contributed by atoms with van der Waals surface area (Å²) in [6, 6.07) is 3.83. The first kappa shape index (κ1) is 18.0. The van der Waals surface area contributed by atoms with Gasteiger partial charge < -0.3 is 15.0 Å². The number of amides is 1.